The summed E-state index contributed by atoms with van der Waals surface area (Å²) in [6.45, 7) is 12.3. The number of hydrogen-bond donors (Lipinski definition) is 3. The topological polar surface area (TPSA) is 118 Å². The molecule has 4 rings (SSSR count). The SMILES string of the molecule is Cc1cc(-c2nc3cc(CNC(C(=O)OCC(C)(C)C)C(C)O)ccc3n2CC2CCOCC2)c[nH]c1=O. The molecule has 0 radical (unpaired) electrons. The average Bonchev–Trinajstić information content (AvgIpc) is 3.22. The highest BCUT2D eigenvalue weighted by Crippen LogP contribution is 2.28. The minimum Gasteiger partial charge on any atom is -0.464 e. The number of nitrogens with zero attached hydrogens (tertiary/aromatic N) is 2. The molecule has 206 valence electrons. The quantitative estimate of drug-likeness (QED) is 0.366. The van der Waals surface area contributed by atoms with E-state index < -0.39 is 18.1 Å². The van der Waals surface area contributed by atoms with Gasteiger partial charge in [0.2, 0.25) is 0 Å². The first-order valence-corrected chi connectivity index (χ1v) is 13.4. The van der Waals surface area contributed by atoms with Crippen molar-refractivity contribution in [2.24, 2.45) is 11.3 Å². The standard InChI is InChI=1S/C29H40N4O5/c1-18-12-22(15-31-27(18)35)26-32-23-13-21(6-7-24(23)33(26)16-20-8-10-37-11-9-20)14-30-25(19(2)34)28(36)38-17-29(3,4)5/h6-7,12-13,15,19-20,25,30,34H,8-11,14,16-17H2,1-5H3,(H,31,35). The number of aliphatic hydroxyl groups excluding tert-OH is 1. The van der Waals surface area contributed by atoms with Crippen LogP contribution in [0.3, 0.4) is 0 Å². The van der Waals surface area contributed by atoms with Crippen LogP contribution in [0.5, 0.6) is 0 Å². The molecule has 0 bridgehead atoms. The lowest BCUT2D eigenvalue weighted by atomic mass is 9.98. The normalized spacial score (nSPS) is 16.5. The molecular formula is C29H40N4O5. The molecule has 9 heteroatoms. The van der Waals surface area contributed by atoms with Crippen LogP contribution in [0.25, 0.3) is 22.4 Å². The molecular weight excluding hydrogens is 484 g/mol. The van der Waals surface area contributed by atoms with E-state index in [1.54, 1.807) is 20.0 Å². The number of fused-ring (bicyclic) bond motifs is 1. The van der Waals surface area contributed by atoms with Crippen LogP contribution in [0.2, 0.25) is 0 Å². The average molecular weight is 525 g/mol. The fraction of sp³-hybridized carbons (Fsp3) is 0.552. The zero-order valence-corrected chi connectivity index (χ0v) is 23.0. The zero-order chi connectivity index (χ0) is 27.4. The van der Waals surface area contributed by atoms with Gasteiger partial charge in [-0.3, -0.25) is 14.9 Å². The van der Waals surface area contributed by atoms with E-state index in [9.17, 15) is 14.7 Å². The number of esters is 1. The van der Waals surface area contributed by atoms with E-state index in [0.29, 0.717) is 18.0 Å². The molecule has 0 aliphatic carbocycles. The van der Waals surface area contributed by atoms with Crippen LogP contribution >= 0.6 is 0 Å². The highest BCUT2D eigenvalue weighted by Gasteiger charge is 2.27. The predicted octanol–water partition coefficient (Wildman–Crippen LogP) is 3.55. The molecule has 2 atom stereocenters. The van der Waals surface area contributed by atoms with Gasteiger partial charge in [0.15, 0.2) is 0 Å². The Balaban J connectivity index is 1.60. The van der Waals surface area contributed by atoms with Gasteiger partial charge in [0.25, 0.3) is 5.56 Å². The van der Waals surface area contributed by atoms with E-state index in [1.807, 2.05) is 39.0 Å². The van der Waals surface area contributed by atoms with Crippen molar-refractivity contribution in [1.29, 1.82) is 0 Å². The van der Waals surface area contributed by atoms with Crippen LogP contribution in [0.4, 0.5) is 0 Å². The number of hydrogen-bond acceptors (Lipinski definition) is 7. The van der Waals surface area contributed by atoms with Crippen LogP contribution in [0.1, 0.15) is 51.7 Å². The lowest BCUT2D eigenvalue weighted by Crippen LogP contribution is -2.46. The first-order valence-electron chi connectivity index (χ1n) is 13.4. The molecule has 2 aromatic heterocycles. The maximum absolute atomic E-state index is 12.6. The van der Waals surface area contributed by atoms with Crippen molar-refractivity contribution in [1.82, 2.24) is 19.9 Å². The summed E-state index contributed by atoms with van der Waals surface area (Å²) in [7, 11) is 0. The molecule has 1 aliphatic rings. The molecule has 3 N–H and O–H groups in total. The van der Waals surface area contributed by atoms with E-state index in [-0.39, 0.29) is 17.6 Å². The van der Waals surface area contributed by atoms with Gasteiger partial charge in [-0.1, -0.05) is 26.8 Å². The summed E-state index contributed by atoms with van der Waals surface area (Å²) in [5.41, 5.74) is 4.01. The Morgan fingerprint density at radius 3 is 2.68 bits per heavy atom. The number of benzene rings is 1. The van der Waals surface area contributed by atoms with E-state index in [2.05, 4.69) is 20.9 Å². The van der Waals surface area contributed by atoms with Gasteiger partial charge in [0.1, 0.15) is 11.9 Å². The molecule has 3 aromatic rings. The molecule has 3 heterocycles. The highest BCUT2D eigenvalue weighted by atomic mass is 16.5. The maximum Gasteiger partial charge on any atom is 0.325 e. The third-order valence-electron chi connectivity index (χ3n) is 6.85. The summed E-state index contributed by atoms with van der Waals surface area (Å²) in [4.78, 5) is 32.4. The number of aryl methyl sites for hydroxylation is 1. The number of aromatic amines is 1. The van der Waals surface area contributed by atoms with Crippen molar-refractivity contribution in [3.8, 4) is 11.4 Å². The molecule has 0 spiro atoms. The summed E-state index contributed by atoms with van der Waals surface area (Å²) in [6, 6.07) is 7.11. The van der Waals surface area contributed by atoms with Gasteiger partial charge in [0.05, 0.1) is 23.7 Å². The fourth-order valence-electron chi connectivity index (χ4n) is 4.66. The van der Waals surface area contributed by atoms with Crippen molar-refractivity contribution < 1.29 is 19.4 Å². The molecule has 1 fully saturated rings. The molecule has 1 aromatic carbocycles. The maximum atomic E-state index is 12.6. The summed E-state index contributed by atoms with van der Waals surface area (Å²) in [5.74, 6) is 0.826. The van der Waals surface area contributed by atoms with Gasteiger partial charge in [-0.05, 0) is 61.8 Å². The minimum atomic E-state index is -0.903. The molecule has 0 saturated carbocycles. The highest BCUT2D eigenvalue weighted by molar-refractivity contribution is 5.81. The lowest BCUT2D eigenvalue weighted by Gasteiger charge is -2.24. The van der Waals surface area contributed by atoms with E-state index in [0.717, 1.165) is 60.6 Å². The van der Waals surface area contributed by atoms with Gasteiger partial charge in [-0.25, -0.2) is 4.98 Å². The van der Waals surface area contributed by atoms with Crippen LogP contribution < -0.4 is 10.9 Å². The van der Waals surface area contributed by atoms with Gasteiger partial charge < -0.3 is 24.1 Å². The Hall–Kier alpha value is -3.01. The summed E-state index contributed by atoms with van der Waals surface area (Å²) >= 11 is 0. The second-order valence-electron chi connectivity index (χ2n) is 11.6. The second kappa shape index (κ2) is 11.8. The van der Waals surface area contributed by atoms with Crippen molar-refractivity contribution in [3.05, 3.63) is 51.9 Å². The smallest absolute Gasteiger partial charge is 0.325 e. The summed E-state index contributed by atoms with van der Waals surface area (Å²) in [5, 5.41) is 13.4. The van der Waals surface area contributed by atoms with Gasteiger partial charge in [-0.15, -0.1) is 0 Å². The van der Waals surface area contributed by atoms with E-state index in [4.69, 9.17) is 14.5 Å². The molecule has 0 amide bonds. The van der Waals surface area contributed by atoms with Crippen molar-refractivity contribution in [3.63, 3.8) is 0 Å². The lowest BCUT2D eigenvalue weighted by molar-refractivity contribution is -0.151. The number of carbonyl (C=O) groups excluding carboxylic acids is 1. The van der Waals surface area contributed by atoms with E-state index >= 15 is 0 Å². The van der Waals surface area contributed by atoms with Crippen LogP contribution in [0.15, 0.2) is 35.3 Å². The zero-order valence-electron chi connectivity index (χ0n) is 23.0. The minimum absolute atomic E-state index is 0.108. The Bertz CT molecular complexity index is 1310. The Labute approximate surface area is 223 Å². The van der Waals surface area contributed by atoms with Gasteiger partial charge in [-0.2, -0.15) is 0 Å². The first-order chi connectivity index (χ1) is 18.0. The van der Waals surface area contributed by atoms with E-state index in [1.165, 1.54) is 0 Å². The second-order valence-corrected chi connectivity index (χ2v) is 11.6. The largest absolute Gasteiger partial charge is 0.464 e. The third-order valence-corrected chi connectivity index (χ3v) is 6.85. The third kappa shape index (κ3) is 6.89. The molecule has 1 aliphatic heterocycles. The number of nitrogens with one attached hydrogen (secondary N) is 2. The number of pyridine rings is 1. The van der Waals surface area contributed by atoms with Gasteiger partial charge in [0, 0.05) is 43.6 Å². The number of carbonyl (C=O) groups is 1. The van der Waals surface area contributed by atoms with Gasteiger partial charge >= 0.3 is 5.97 Å². The monoisotopic (exact) mass is 524 g/mol. The van der Waals surface area contributed by atoms with Crippen molar-refractivity contribution >= 4 is 17.0 Å². The Morgan fingerprint density at radius 2 is 2.03 bits per heavy atom. The predicted molar refractivity (Wildman–Crippen MR) is 147 cm³/mol. The number of imidazole rings is 1. The van der Waals surface area contributed by atoms with Crippen molar-refractivity contribution in [2.45, 2.75) is 72.7 Å². The fourth-order valence-corrected chi connectivity index (χ4v) is 4.66. The first kappa shape index (κ1) is 28.0. The van der Waals surface area contributed by atoms with Crippen molar-refractivity contribution in [2.75, 3.05) is 19.8 Å². The Morgan fingerprint density at radius 1 is 1.29 bits per heavy atom. The number of aromatic nitrogens is 3. The van der Waals surface area contributed by atoms with Crippen LogP contribution in [-0.4, -0.2) is 57.6 Å². The number of ether oxygens (including phenoxy) is 2. The van der Waals surface area contributed by atoms with Crippen LogP contribution in [0, 0.1) is 18.3 Å². The Kier molecular flexibility index (Phi) is 8.70. The summed E-state index contributed by atoms with van der Waals surface area (Å²) < 4.78 is 13.2. The molecule has 1 saturated heterocycles. The molecule has 9 nitrogen and oxygen atoms in total. The number of aliphatic hydroxyl groups is 1. The number of H-pyrrole nitrogens is 1. The summed E-state index contributed by atoms with van der Waals surface area (Å²) in [6.07, 6.45) is 2.81. The molecule has 38 heavy (non-hydrogen) atoms. The number of rotatable bonds is 9. The van der Waals surface area contributed by atoms with Crippen LogP contribution in [-0.2, 0) is 27.4 Å². The molecule has 2 unspecified atom stereocenters.